The van der Waals surface area contributed by atoms with Gasteiger partial charge < -0.3 is 20.3 Å². The maximum absolute atomic E-state index is 12.2. The van der Waals surface area contributed by atoms with Crippen LogP contribution in [0.15, 0.2) is 48.5 Å². The molecule has 5 nitrogen and oxygen atoms in total. The summed E-state index contributed by atoms with van der Waals surface area (Å²) >= 11 is 0. The third-order valence-electron chi connectivity index (χ3n) is 4.43. The van der Waals surface area contributed by atoms with Gasteiger partial charge in [0.15, 0.2) is 0 Å². The molecule has 2 aromatic carbocycles. The molecule has 1 aliphatic heterocycles. The molecule has 24 heavy (non-hydrogen) atoms. The molecule has 1 heterocycles. The van der Waals surface area contributed by atoms with Crippen molar-refractivity contribution in [2.75, 3.05) is 36.8 Å². The molecule has 2 aromatic rings. The van der Waals surface area contributed by atoms with E-state index < -0.39 is 0 Å². The zero-order valence-corrected chi connectivity index (χ0v) is 13.9. The summed E-state index contributed by atoms with van der Waals surface area (Å²) in [5, 5.41) is 0. The molecule has 0 aliphatic carbocycles. The fourth-order valence-electron chi connectivity index (χ4n) is 2.92. The van der Waals surface area contributed by atoms with Gasteiger partial charge >= 0.3 is 6.09 Å². The van der Waals surface area contributed by atoms with E-state index in [4.69, 9.17) is 10.5 Å². The summed E-state index contributed by atoms with van der Waals surface area (Å²) in [5.41, 5.74) is 10.0. The number of anilines is 2. The van der Waals surface area contributed by atoms with Crippen LogP contribution in [0.4, 0.5) is 16.2 Å². The molecular formula is C19H23N3O2. The van der Waals surface area contributed by atoms with Crippen LogP contribution >= 0.6 is 0 Å². The lowest BCUT2D eigenvalue weighted by molar-refractivity contribution is 0.0942. The lowest BCUT2D eigenvalue weighted by Gasteiger charge is -2.36. The average molecular weight is 325 g/mol. The Morgan fingerprint density at radius 1 is 1.04 bits per heavy atom. The number of rotatable bonds is 3. The molecule has 5 heteroatoms. The summed E-state index contributed by atoms with van der Waals surface area (Å²) in [5.74, 6) is 0. The van der Waals surface area contributed by atoms with Gasteiger partial charge in [0.2, 0.25) is 0 Å². The molecule has 0 unspecified atom stereocenters. The minimum absolute atomic E-state index is 0.247. The number of nitrogen functional groups attached to an aromatic ring is 1. The van der Waals surface area contributed by atoms with Crippen molar-refractivity contribution < 1.29 is 9.53 Å². The largest absolute Gasteiger partial charge is 0.445 e. The lowest BCUT2D eigenvalue weighted by Crippen LogP contribution is -2.49. The zero-order chi connectivity index (χ0) is 16.9. The van der Waals surface area contributed by atoms with Crippen LogP contribution in [0.3, 0.4) is 0 Å². The van der Waals surface area contributed by atoms with Crippen LogP contribution in [0.2, 0.25) is 0 Å². The van der Waals surface area contributed by atoms with E-state index in [1.165, 1.54) is 0 Å². The molecule has 1 amide bonds. The number of hydrogen-bond acceptors (Lipinski definition) is 4. The highest BCUT2D eigenvalue weighted by Crippen LogP contribution is 2.25. The first-order valence-corrected chi connectivity index (χ1v) is 8.21. The zero-order valence-electron chi connectivity index (χ0n) is 13.9. The van der Waals surface area contributed by atoms with E-state index in [1.807, 2.05) is 49.4 Å². The average Bonchev–Trinajstić information content (AvgIpc) is 2.63. The Kier molecular flexibility index (Phi) is 4.89. The van der Waals surface area contributed by atoms with Crippen molar-refractivity contribution in [3.8, 4) is 0 Å². The molecule has 0 aromatic heterocycles. The van der Waals surface area contributed by atoms with Crippen LogP contribution in [0.25, 0.3) is 0 Å². The molecule has 1 aliphatic rings. The van der Waals surface area contributed by atoms with E-state index in [-0.39, 0.29) is 6.09 Å². The second kappa shape index (κ2) is 7.25. The SMILES string of the molecule is Cc1c(N)cccc1N1CCN(C(=O)OCc2ccccc2)CC1. The van der Waals surface area contributed by atoms with Crippen LogP contribution in [0.5, 0.6) is 0 Å². The van der Waals surface area contributed by atoms with Crippen molar-refractivity contribution in [3.05, 3.63) is 59.7 Å². The third kappa shape index (κ3) is 3.62. The minimum atomic E-state index is -0.247. The Labute approximate surface area is 142 Å². The molecule has 0 spiro atoms. The Balaban J connectivity index is 1.53. The Hall–Kier alpha value is -2.69. The van der Waals surface area contributed by atoms with E-state index in [0.717, 1.165) is 35.6 Å². The Bertz CT molecular complexity index is 695. The van der Waals surface area contributed by atoms with Gasteiger partial charge in [-0.1, -0.05) is 36.4 Å². The van der Waals surface area contributed by atoms with Crippen LogP contribution in [0.1, 0.15) is 11.1 Å². The topological polar surface area (TPSA) is 58.8 Å². The highest BCUT2D eigenvalue weighted by Gasteiger charge is 2.23. The minimum Gasteiger partial charge on any atom is -0.445 e. The second-order valence-corrected chi connectivity index (χ2v) is 6.01. The number of carbonyl (C=O) groups excluding carboxylic acids is 1. The van der Waals surface area contributed by atoms with Gasteiger partial charge in [0.1, 0.15) is 6.61 Å². The van der Waals surface area contributed by atoms with Crippen LogP contribution in [-0.4, -0.2) is 37.2 Å². The molecule has 0 bridgehead atoms. The highest BCUT2D eigenvalue weighted by atomic mass is 16.6. The van der Waals surface area contributed by atoms with Gasteiger partial charge in [-0.3, -0.25) is 0 Å². The molecular weight excluding hydrogens is 302 g/mol. The predicted octanol–water partition coefficient (Wildman–Crippen LogP) is 3.04. The number of carbonyl (C=O) groups is 1. The van der Waals surface area contributed by atoms with Crippen molar-refractivity contribution in [2.24, 2.45) is 0 Å². The van der Waals surface area contributed by atoms with Gasteiger partial charge in [-0.15, -0.1) is 0 Å². The molecule has 2 N–H and O–H groups in total. The highest BCUT2D eigenvalue weighted by molar-refractivity contribution is 5.69. The normalized spacial score (nSPS) is 14.5. The number of benzene rings is 2. The molecule has 126 valence electrons. The fraction of sp³-hybridized carbons (Fsp3) is 0.316. The maximum Gasteiger partial charge on any atom is 0.410 e. The summed E-state index contributed by atoms with van der Waals surface area (Å²) in [6, 6.07) is 15.7. The quantitative estimate of drug-likeness (QED) is 0.881. The van der Waals surface area contributed by atoms with Crippen molar-refractivity contribution >= 4 is 17.5 Å². The Morgan fingerprint density at radius 2 is 1.75 bits per heavy atom. The van der Waals surface area contributed by atoms with E-state index in [2.05, 4.69) is 11.0 Å². The fourth-order valence-corrected chi connectivity index (χ4v) is 2.92. The van der Waals surface area contributed by atoms with Crippen molar-refractivity contribution in [3.63, 3.8) is 0 Å². The van der Waals surface area contributed by atoms with Crippen LogP contribution < -0.4 is 10.6 Å². The van der Waals surface area contributed by atoms with E-state index in [0.29, 0.717) is 19.7 Å². The van der Waals surface area contributed by atoms with Crippen LogP contribution in [-0.2, 0) is 11.3 Å². The van der Waals surface area contributed by atoms with Gasteiger partial charge in [0.05, 0.1) is 0 Å². The molecule has 0 atom stereocenters. The number of ether oxygens (including phenoxy) is 1. The molecule has 0 saturated carbocycles. The monoisotopic (exact) mass is 325 g/mol. The molecule has 1 saturated heterocycles. The molecule has 1 fully saturated rings. The summed E-state index contributed by atoms with van der Waals surface area (Å²) in [6.07, 6.45) is -0.247. The van der Waals surface area contributed by atoms with Gasteiger partial charge in [-0.05, 0) is 30.2 Å². The van der Waals surface area contributed by atoms with Gasteiger partial charge in [0.25, 0.3) is 0 Å². The number of hydrogen-bond donors (Lipinski definition) is 1. The van der Waals surface area contributed by atoms with E-state index >= 15 is 0 Å². The third-order valence-corrected chi connectivity index (χ3v) is 4.43. The van der Waals surface area contributed by atoms with Crippen molar-refractivity contribution in [1.29, 1.82) is 0 Å². The van der Waals surface area contributed by atoms with Gasteiger partial charge in [-0.2, -0.15) is 0 Å². The van der Waals surface area contributed by atoms with E-state index in [1.54, 1.807) is 4.90 Å². The van der Waals surface area contributed by atoms with Crippen LogP contribution in [0, 0.1) is 6.92 Å². The standard InChI is InChI=1S/C19H23N3O2/c1-15-17(20)8-5-9-18(15)21-10-12-22(13-11-21)19(23)24-14-16-6-3-2-4-7-16/h2-9H,10-14,20H2,1H3. The Morgan fingerprint density at radius 3 is 2.46 bits per heavy atom. The molecule has 3 rings (SSSR count). The number of piperazine rings is 1. The number of nitrogens with two attached hydrogens (primary N) is 1. The van der Waals surface area contributed by atoms with Crippen molar-refractivity contribution in [2.45, 2.75) is 13.5 Å². The van der Waals surface area contributed by atoms with E-state index in [9.17, 15) is 4.79 Å². The summed E-state index contributed by atoms with van der Waals surface area (Å²) in [6.45, 7) is 5.22. The number of nitrogens with zero attached hydrogens (tertiary/aromatic N) is 2. The smallest absolute Gasteiger partial charge is 0.410 e. The van der Waals surface area contributed by atoms with Gasteiger partial charge in [0, 0.05) is 37.6 Å². The maximum atomic E-state index is 12.2. The first-order valence-electron chi connectivity index (χ1n) is 8.21. The first kappa shape index (κ1) is 16.2. The van der Waals surface area contributed by atoms with Crippen molar-refractivity contribution in [1.82, 2.24) is 4.90 Å². The summed E-state index contributed by atoms with van der Waals surface area (Å²) in [4.78, 5) is 16.2. The first-order chi connectivity index (χ1) is 11.6. The van der Waals surface area contributed by atoms with Gasteiger partial charge in [-0.25, -0.2) is 4.79 Å². The lowest BCUT2D eigenvalue weighted by atomic mass is 10.1. The second-order valence-electron chi connectivity index (χ2n) is 6.01. The number of amides is 1. The summed E-state index contributed by atoms with van der Waals surface area (Å²) in [7, 11) is 0. The summed E-state index contributed by atoms with van der Waals surface area (Å²) < 4.78 is 5.40. The molecule has 0 radical (unpaired) electrons. The predicted molar refractivity (Wildman–Crippen MR) is 96.0 cm³/mol.